The number of phenolic OH excluding ortho intramolecular Hbond substituents is 1. The molecule has 0 unspecified atom stereocenters. The average molecular weight is 285 g/mol. The molecule has 0 fully saturated rings. The molecule has 0 heterocycles. The maximum Gasteiger partial charge on any atom is 0.269 e. The van der Waals surface area contributed by atoms with Crippen LogP contribution < -0.4 is 0 Å². The quantitative estimate of drug-likeness (QED) is 0.398. The fourth-order valence-corrected chi connectivity index (χ4v) is 1.68. The summed E-state index contributed by atoms with van der Waals surface area (Å²) < 4.78 is 0. The number of non-ortho nitro benzene ring substituents is 1. The van der Waals surface area contributed by atoms with Crippen molar-refractivity contribution in [3.05, 3.63) is 57.6 Å². The zero-order valence-corrected chi connectivity index (χ0v) is 11.1. The van der Waals surface area contributed by atoms with Gasteiger partial charge in [0.25, 0.3) is 5.69 Å². The summed E-state index contributed by atoms with van der Waals surface area (Å²) in [6, 6.07) is 8.49. The van der Waals surface area contributed by atoms with Gasteiger partial charge in [0.1, 0.15) is 5.75 Å². The molecule has 0 radical (unpaired) electrons. The summed E-state index contributed by atoms with van der Waals surface area (Å²) in [5, 5.41) is 28.0. The molecule has 21 heavy (non-hydrogen) atoms. The van der Waals surface area contributed by atoms with E-state index >= 15 is 0 Å². The molecule has 0 saturated carbocycles. The lowest BCUT2D eigenvalue weighted by Crippen LogP contribution is -1.87. The normalized spacial score (nSPS) is 10.7. The van der Waals surface area contributed by atoms with Crippen molar-refractivity contribution >= 4 is 23.3 Å². The molecule has 0 aromatic heterocycles. The van der Waals surface area contributed by atoms with Crippen molar-refractivity contribution in [2.75, 3.05) is 0 Å². The Bertz CT molecular complexity index is 741. The SMILES string of the molecule is Cc1cc([N+](=O)[O-])ccc1N=Nc1ccc(O)c(C=O)c1. The van der Waals surface area contributed by atoms with Crippen LogP contribution in [0.5, 0.6) is 5.75 Å². The van der Waals surface area contributed by atoms with Crippen LogP contribution in [0.25, 0.3) is 0 Å². The Morgan fingerprint density at radius 2 is 1.95 bits per heavy atom. The second-order valence-electron chi connectivity index (χ2n) is 4.29. The van der Waals surface area contributed by atoms with E-state index in [0.29, 0.717) is 23.2 Å². The van der Waals surface area contributed by atoms with Crippen molar-refractivity contribution in [2.45, 2.75) is 6.92 Å². The lowest BCUT2D eigenvalue weighted by atomic mass is 10.2. The maximum atomic E-state index is 10.7. The summed E-state index contributed by atoms with van der Waals surface area (Å²) in [6.45, 7) is 1.69. The van der Waals surface area contributed by atoms with Gasteiger partial charge in [0, 0.05) is 12.1 Å². The molecule has 106 valence electrons. The van der Waals surface area contributed by atoms with Crippen LogP contribution >= 0.6 is 0 Å². The molecule has 0 spiro atoms. The summed E-state index contributed by atoms with van der Waals surface area (Å²) in [5.41, 5.74) is 1.60. The number of aryl methyl sites for hydroxylation is 1. The Labute approximate surface area is 119 Å². The molecule has 0 aliphatic rings. The van der Waals surface area contributed by atoms with Crippen LogP contribution in [0, 0.1) is 17.0 Å². The number of benzene rings is 2. The van der Waals surface area contributed by atoms with Crippen LogP contribution in [0.1, 0.15) is 15.9 Å². The largest absolute Gasteiger partial charge is 0.507 e. The first-order valence-electron chi connectivity index (χ1n) is 5.96. The Hall–Kier alpha value is -3.09. The number of rotatable bonds is 4. The van der Waals surface area contributed by atoms with Gasteiger partial charge in [-0.1, -0.05) is 0 Å². The van der Waals surface area contributed by atoms with Gasteiger partial charge in [0.15, 0.2) is 6.29 Å². The van der Waals surface area contributed by atoms with Crippen LogP contribution in [0.4, 0.5) is 17.1 Å². The van der Waals surface area contributed by atoms with Gasteiger partial charge in [-0.25, -0.2) is 0 Å². The number of carbonyl (C=O) groups is 1. The zero-order valence-electron chi connectivity index (χ0n) is 11.1. The van der Waals surface area contributed by atoms with Crippen molar-refractivity contribution in [2.24, 2.45) is 10.2 Å². The van der Waals surface area contributed by atoms with Crippen molar-refractivity contribution < 1.29 is 14.8 Å². The van der Waals surface area contributed by atoms with E-state index in [1.54, 1.807) is 6.92 Å². The minimum Gasteiger partial charge on any atom is -0.507 e. The number of carbonyl (C=O) groups excluding carboxylic acids is 1. The predicted molar refractivity (Wildman–Crippen MR) is 75.5 cm³/mol. The molecule has 0 aliphatic carbocycles. The number of aromatic hydroxyl groups is 1. The van der Waals surface area contributed by atoms with Crippen molar-refractivity contribution in [1.29, 1.82) is 0 Å². The standard InChI is InChI=1S/C14H11N3O4/c1-9-6-12(17(20)21)3-4-13(9)16-15-11-2-5-14(19)10(7-11)8-18/h2-8,19H,1H3. The average Bonchev–Trinajstić information content (AvgIpc) is 2.47. The highest BCUT2D eigenvalue weighted by Gasteiger charge is 2.07. The van der Waals surface area contributed by atoms with Gasteiger partial charge in [-0.05, 0) is 36.8 Å². The third-order valence-electron chi connectivity index (χ3n) is 2.80. The summed E-state index contributed by atoms with van der Waals surface area (Å²) in [5.74, 6) is -0.129. The molecule has 2 rings (SSSR count). The smallest absolute Gasteiger partial charge is 0.269 e. The predicted octanol–water partition coefficient (Wildman–Crippen LogP) is 3.84. The second-order valence-corrected chi connectivity index (χ2v) is 4.29. The molecule has 0 aliphatic heterocycles. The molecule has 0 atom stereocenters. The van der Waals surface area contributed by atoms with E-state index in [4.69, 9.17) is 0 Å². The highest BCUT2D eigenvalue weighted by molar-refractivity contribution is 5.80. The summed E-state index contributed by atoms with van der Waals surface area (Å²) >= 11 is 0. The van der Waals surface area contributed by atoms with Gasteiger partial charge in [0.05, 0.1) is 21.9 Å². The maximum absolute atomic E-state index is 10.7. The molecular weight excluding hydrogens is 274 g/mol. The Balaban J connectivity index is 2.29. The van der Waals surface area contributed by atoms with Gasteiger partial charge in [-0.2, -0.15) is 10.2 Å². The van der Waals surface area contributed by atoms with Gasteiger partial charge in [-0.15, -0.1) is 0 Å². The minimum atomic E-state index is -0.482. The third-order valence-corrected chi connectivity index (χ3v) is 2.80. The lowest BCUT2D eigenvalue weighted by molar-refractivity contribution is -0.384. The number of nitro groups is 1. The van der Waals surface area contributed by atoms with Crippen LogP contribution in [-0.2, 0) is 0 Å². The highest BCUT2D eigenvalue weighted by atomic mass is 16.6. The molecule has 0 bridgehead atoms. The molecule has 2 aromatic rings. The van der Waals surface area contributed by atoms with Crippen molar-refractivity contribution in [3.63, 3.8) is 0 Å². The summed E-state index contributed by atoms with van der Waals surface area (Å²) in [4.78, 5) is 20.9. The highest BCUT2D eigenvalue weighted by Crippen LogP contribution is 2.27. The fourth-order valence-electron chi connectivity index (χ4n) is 1.68. The number of hydrogen-bond acceptors (Lipinski definition) is 6. The number of hydrogen-bond donors (Lipinski definition) is 1. The summed E-state index contributed by atoms with van der Waals surface area (Å²) in [7, 11) is 0. The third kappa shape index (κ3) is 3.27. The molecule has 2 aromatic carbocycles. The molecule has 1 N–H and O–H groups in total. The first kappa shape index (κ1) is 14.3. The van der Waals surface area contributed by atoms with Gasteiger partial charge in [-0.3, -0.25) is 14.9 Å². The first-order valence-corrected chi connectivity index (χ1v) is 5.96. The van der Waals surface area contributed by atoms with Gasteiger partial charge < -0.3 is 5.11 Å². The van der Waals surface area contributed by atoms with E-state index in [1.165, 1.54) is 36.4 Å². The van der Waals surface area contributed by atoms with Crippen LogP contribution in [0.2, 0.25) is 0 Å². The number of nitrogens with zero attached hydrogens (tertiary/aromatic N) is 3. The second kappa shape index (κ2) is 5.91. The monoisotopic (exact) mass is 285 g/mol. The Kier molecular flexibility index (Phi) is 4.03. The van der Waals surface area contributed by atoms with E-state index in [0.717, 1.165) is 0 Å². The molecule has 7 nitrogen and oxygen atoms in total. The Morgan fingerprint density at radius 1 is 1.19 bits per heavy atom. The van der Waals surface area contributed by atoms with Crippen molar-refractivity contribution in [3.8, 4) is 5.75 Å². The first-order chi connectivity index (χ1) is 10.0. The molecule has 7 heteroatoms. The van der Waals surface area contributed by atoms with Crippen LogP contribution in [-0.4, -0.2) is 16.3 Å². The van der Waals surface area contributed by atoms with Gasteiger partial charge in [0.2, 0.25) is 0 Å². The fraction of sp³-hybridized carbons (Fsp3) is 0.0714. The Morgan fingerprint density at radius 3 is 2.57 bits per heavy atom. The number of aldehydes is 1. The van der Waals surface area contributed by atoms with Crippen molar-refractivity contribution in [1.82, 2.24) is 0 Å². The van der Waals surface area contributed by atoms with Crippen LogP contribution in [0.3, 0.4) is 0 Å². The van der Waals surface area contributed by atoms with E-state index in [9.17, 15) is 20.0 Å². The van der Waals surface area contributed by atoms with Gasteiger partial charge >= 0.3 is 0 Å². The van der Waals surface area contributed by atoms with E-state index in [-0.39, 0.29) is 17.0 Å². The lowest BCUT2D eigenvalue weighted by Gasteiger charge is -2.00. The topological polar surface area (TPSA) is 105 Å². The number of azo groups is 1. The van der Waals surface area contributed by atoms with E-state index in [2.05, 4.69) is 10.2 Å². The molecular formula is C14H11N3O4. The van der Waals surface area contributed by atoms with E-state index < -0.39 is 4.92 Å². The van der Waals surface area contributed by atoms with Crippen LogP contribution in [0.15, 0.2) is 46.6 Å². The summed E-state index contributed by atoms with van der Waals surface area (Å²) in [6.07, 6.45) is 0.519. The minimum absolute atomic E-state index is 0.0145. The zero-order chi connectivity index (χ0) is 15.4. The number of phenols is 1. The molecule has 0 saturated heterocycles. The van der Waals surface area contributed by atoms with E-state index in [1.807, 2.05) is 0 Å². The number of nitro benzene ring substituents is 1. The molecule has 0 amide bonds.